The summed E-state index contributed by atoms with van der Waals surface area (Å²) in [6.07, 6.45) is 13.2. The predicted molar refractivity (Wildman–Crippen MR) is 128 cm³/mol. The number of nitrogens with zero attached hydrogens (tertiary/aromatic N) is 1. The van der Waals surface area contributed by atoms with E-state index in [0.717, 1.165) is 12.8 Å². The fourth-order valence-corrected chi connectivity index (χ4v) is 5.34. The van der Waals surface area contributed by atoms with Crippen LogP contribution in [-0.4, -0.2) is 37.2 Å². The number of likely N-dealkylation sites (tertiary alicyclic amines) is 1. The van der Waals surface area contributed by atoms with Gasteiger partial charge in [-0.2, -0.15) is 0 Å². The Hall–Kier alpha value is -2.10. The largest absolute Gasteiger partial charge is 0.505 e. The summed E-state index contributed by atoms with van der Waals surface area (Å²) in [5.74, 6) is 0.549. The molecule has 0 spiro atoms. The van der Waals surface area contributed by atoms with Gasteiger partial charge in [0.25, 0.3) is 0 Å². The highest BCUT2D eigenvalue weighted by Crippen LogP contribution is 2.36. The van der Waals surface area contributed by atoms with Crippen molar-refractivity contribution in [2.24, 2.45) is 5.92 Å². The van der Waals surface area contributed by atoms with E-state index in [9.17, 15) is 0 Å². The van der Waals surface area contributed by atoms with Crippen molar-refractivity contribution in [1.82, 2.24) is 4.90 Å². The molecule has 1 aliphatic heterocycles. The predicted octanol–water partition coefficient (Wildman–Crippen LogP) is 6.44. The van der Waals surface area contributed by atoms with Crippen LogP contribution in [-0.2, 0) is 16.1 Å². The highest BCUT2D eigenvalue weighted by Gasteiger charge is 2.39. The second-order valence-corrected chi connectivity index (χ2v) is 9.01. The maximum Gasteiger partial charge on any atom is 0.0784 e. The summed E-state index contributed by atoms with van der Waals surface area (Å²) in [7, 11) is 1.73. The quantitative estimate of drug-likeness (QED) is 0.459. The average Bonchev–Trinajstić information content (AvgIpc) is 3.02. The van der Waals surface area contributed by atoms with E-state index in [-0.39, 0.29) is 0 Å². The number of ether oxygens (including phenoxy) is 2. The SMILES string of the molecule is COC=CC[C@H]1[C@H](N2CCCCCC2)CC[C@H]1OCc1ccc(-c2ccccc2)cc1. The summed E-state index contributed by atoms with van der Waals surface area (Å²) < 4.78 is 11.7. The van der Waals surface area contributed by atoms with Gasteiger partial charge in [0.2, 0.25) is 0 Å². The number of rotatable bonds is 8. The van der Waals surface area contributed by atoms with Crippen LogP contribution >= 0.6 is 0 Å². The molecule has 166 valence electrons. The Bertz CT molecular complexity index is 794. The van der Waals surface area contributed by atoms with Crippen LogP contribution < -0.4 is 0 Å². The first-order valence-electron chi connectivity index (χ1n) is 12.0. The Kier molecular flexibility index (Phi) is 8.20. The first-order chi connectivity index (χ1) is 15.3. The number of hydrogen-bond donors (Lipinski definition) is 0. The molecule has 31 heavy (non-hydrogen) atoms. The van der Waals surface area contributed by atoms with Crippen molar-refractivity contribution in [3.8, 4) is 11.1 Å². The minimum Gasteiger partial charge on any atom is -0.505 e. The summed E-state index contributed by atoms with van der Waals surface area (Å²) in [5, 5.41) is 0. The van der Waals surface area contributed by atoms with Crippen LogP contribution in [0.3, 0.4) is 0 Å². The maximum absolute atomic E-state index is 6.53. The molecule has 4 rings (SSSR count). The molecule has 2 aromatic rings. The van der Waals surface area contributed by atoms with Crippen LogP contribution in [0.2, 0.25) is 0 Å². The van der Waals surface area contributed by atoms with Gasteiger partial charge in [-0.3, -0.25) is 0 Å². The summed E-state index contributed by atoms with van der Waals surface area (Å²) in [6.45, 7) is 3.20. The van der Waals surface area contributed by atoms with Crippen LogP contribution in [0.1, 0.15) is 50.5 Å². The van der Waals surface area contributed by atoms with Crippen molar-refractivity contribution >= 4 is 0 Å². The molecule has 0 aromatic heterocycles. The summed E-state index contributed by atoms with van der Waals surface area (Å²) in [5.41, 5.74) is 3.77. The Morgan fingerprint density at radius 2 is 1.58 bits per heavy atom. The lowest BCUT2D eigenvalue weighted by molar-refractivity contribution is 0.00203. The topological polar surface area (TPSA) is 21.7 Å². The monoisotopic (exact) mass is 419 g/mol. The Labute approximate surface area is 188 Å². The lowest BCUT2D eigenvalue weighted by Crippen LogP contribution is -2.40. The van der Waals surface area contributed by atoms with Gasteiger partial charge in [-0.15, -0.1) is 0 Å². The molecule has 0 amide bonds. The first-order valence-corrected chi connectivity index (χ1v) is 12.0. The molecule has 0 unspecified atom stereocenters. The van der Waals surface area contributed by atoms with E-state index in [0.29, 0.717) is 24.7 Å². The molecule has 0 radical (unpaired) electrons. The maximum atomic E-state index is 6.53. The Morgan fingerprint density at radius 1 is 0.871 bits per heavy atom. The zero-order chi connectivity index (χ0) is 21.3. The lowest BCUT2D eigenvalue weighted by atomic mass is 9.95. The second-order valence-electron chi connectivity index (χ2n) is 9.01. The van der Waals surface area contributed by atoms with E-state index in [4.69, 9.17) is 9.47 Å². The van der Waals surface area contributed by atoms with E-state index in [1.165, 1.54) is 61.9 Å². The van der Waals surface area contributed by atoms with Gasteiger partial charge in [-0.1, -0.05) is 67.4 Å². The molecular formula is C28H37NO2. The molecule has 1 saturated heterocycles. The average molecular weight is 420 g/mol. The Balaban J connectivity index is 1.38. The van der Waals surface area contributed by atoms with Gasteiger partial charge in [0.1, 0.15) is 0 Å². The van der Waals surface area contributed by atoms with Crippen LogP contribution in [0.15, 0.2) is 66.9 Å². The molecule has 2 fully saturated rings. The molecule has 2 aliphatic rings. The minimum absolute atomic E-state index is 0.323. The van der Waals surface area contributed by atoms with Gasteiger partial charge in [0.05, 0.1) is 26.1 Å². The molecule has 3 atom stereocenters. The lowest BCUT2D eigenvalue weighted by Gasteiger charge is -2.33. The molecular weight excluding hydrogens is 382 g/mol. The van der Waals surface area contributed by atoms with Crippen molar-refractivity contribution in [3.63, 3.8) is 0 Å². The number of hydrogen-bond acceptors (Lipinski definition) is 3. The fourth-order valence-electron chi connectivity index (χ4n) is 5.34. The van der Waals surface area contributed by atoms with Crippen molar-refractivity contribution in [2.75, 3.05) is 20.2 Å². The molecule has 2 aromatic carbocycles. The second kappa shape index (κ2) is 11.5. The van der Waals surface area contributed by atoms with Gasteiger partial charge in [-0.05, 0) is 68.0 Å². The Morgan fingerprint density at radius 3 is 2.29 bits per heavy atom. The molecule has 1 aliphatic carbocycles. The molecule has 0 bridgehead atoms. The van der Waals surface area contributed by atoms with Crippen molar-refractivity contribution in [2.45, 2.75) is 63.7 Å². The van der Waals surface area contributed by atoms with Gasteiger partial charge in [0.15, 0.2) is 0 Å². The molecule has 0 N–H and O–H groups in total. The highest BCUT2D eigenvalue weighted by molar-refractivity contribution is 5.63. The summed E-state index contributed by atoms with van der Waals surface area (Å²) in [6, 6.07) is 20.0. The fraction of sp³-hybridized carbons (Fsp3) is 0.500. The van der Waals surface area contributed by atoms with Crippen LogP contribution in [0.4, 0.5) is 0 Å². The third kappa shape index (κ3) is 5.99. The zero-order valence-corrected chi connectivity index (χ0v) is 18.9. The number of benzene rings is 2. The van der Waals surface area contributed by atoms with E-state index in [1.807, 2.05) is 6.26 Å². The highest BCUT2D eigenvalue weighted by atomic mass is 16.5. The first kappa shape index (κ1) is 22.1. The van der Waals surface area contributed by atoms with E-state index >= 15 is 0 Å². The van der Waals surface area contributed by atoms with Gasteiger partial charge in [0, 0.05) is 12.0 Å². The zero-order valence-electron chi connectivity index (χ0n) is 18.9. The number of methoxy groups -OCH3 is 1. The van der Waals surface area contributed by atoms with E-state index in [1.54, 1.807) is 7.11 Å². The summed E-state index contributed by atoms with van der Waals surface area (Å²) >= 11 is 0. The molecule has 3 heteroatoms. The van der Waals surface area contributed by atoms with Crippen LogP contribution in [0.25, 0.3) is 11.1 Å². The molecule has 1 saturated carbocycles. The van der Waals surface area contributed by atoms with Gasteiger partial charge < -0.3 is 14.4 Å². The summed E-state index contributed by atoms with van der Waals surface area (Å²) in [4.78, 5) is 2.76. The van der Waals surface area contributed by atoms with Crippen molar-refractivity contribution < 1.29 is 9.47 Å². The van der Waals surface area contributed by atoms with E-state index < -0.39 is 0 Å². The van der Waals surface area contributed by atoms with Crippen LogP contribution in [0, 0.1) is 5.92 Å². The van der Waals surface area contributed by atoms with Crippen molar-refractivity contribution in [1.29, 1.82) is 0 Å². The van der Waals surface area contributed by atoms with Crippen LogP contribution in [0.5, 0.6) is 0 Å². The molecule has 1 heterocycles. The van der Waals surface area contributed by atoms with Gasteiger partial charge >= 0.3 is 0 Å². The smallest absolute Gasteiger partial charge is 0.0784 e. The standard InChI is InChI=1S/C28H37NO2/c1-30-21-9-12-26-27(29-19-7-2-3-8-20-29)17-18-28(26)31-22-23-13-15-25(16-14-23)24-10-5-4-6-11-24/h4-6,9-11,13-16,21,26-28H,2-3,7-8,12,17-20,22H2,1H3/t26-,27+,28+/m0/s1. The van der Waals surface area contributed by atoms with Gasteiger partial charge in [-0.25, -0.2) is 0 Å². The molecule has 3 nitrogen and oxygen atoms in total. The van der Waals surface area contributed by atoms with Crippen molar-refractivity contribution in [3.05, 3.63) is 72.5 Å². The van der Waals surface area contributed by atoms with E-state index in [2.05, 4.69) is 65.6 Å². The third-order valence-electron chi connectivity index (χ3n) is 6.99. The minimum atomic E-state index is 0.323. The number of allylic oxidation sites excluding steroid dienone is 1. The normalized spacial score (nSPS) is 25.0. The third-order valence-corrected chi connectivity index (χ3v) is 6.99.